The summed E-state index contributed by atoms with van der Waals surface area (Å²) in [7, 11) is 0. The van der Waals surface area contributed by atoms with Gasteiger partial charge in [-0.1, -0.05) is 76.6 Å². The largest absolute Gasteiger partial charge is 0.484 e. The normalized spacial score (nSPS) is 20.4. The van der Waals surface area contributed by atoms with Crippen LogP contribution in [0.1, 0.15) is 34.4 Å². The van der Waals surface area contributed by atoms with Gasteiger partial charge in [-0.15, -0.1) is 11.3 Å². The molecule has 4 aromatic rings. The molecule has 0 spiro atoms. The number of halogens is 1. The molecule has 11 nitrogen and oxygen atoms in total. The highest BCUT2D eigenvalue weighted by atomic mass is 79.9. The average molecular weight is 776 g/mol. The van der Waals surface area contributed by atoms with E-state index in [1.54, 1.807) is 24.3 Å². The lowest BCUT2D eigenvalue weighted by Crippen LogP contribution is -2.58. The van der Waals surface area contributed by atoms with E-state index in [0.29, 0.717) is 24.2 Å². The third-order valence-corrected chi connectivity index (χ3v) is 9.83. The van der Waals surface area contributed by atoms with E-state index in [1.165, 1.54) is 11.3 Å². The third kappa shape index (κ3) is 11.5. The molecular weight excluding hydrogens is 736 g/mol. The van der Waals surface area contributed by atoms with Crippen molar-refractivity contribution in [2.45, 2.75) is 62.7 Å². The highest BCUT2D eigenvalue weighted by molar-refractivity contribution is 9.10. The van der Waals surface area contributed by atoms with Crippen LogP contribution in [0.4, 0.5) is 0 Å². The molecule has 0 saturated carbocycles. The number of carbonyl (C=O) groups excluding carboxylic acids is 4. The molecule has 2 bridgehead atoms. The molecule has 2 aliphatic rings. The van der Waals surface area contributed by atoms with E-state index < -0.39 is 53.8 Å². The van der Waals surface area contributed by atoms with Crippen molar-refractivity contribution in [3.05, 3.63) is 122 Å². The van der Waals surface area contributed by atoms with Crippen LogP contribution in [0.3, 0.4) is 0 Å². The number of hydrogen-bond acceptors (Lipinski definition) is 7. The van der Waals surface area contributed by atoms with E-state index >= 15 is 0 Å². The fraction of sp³-hybridized carbons (Fsp3) is 0.289. The van der Waals surface area contributed by atoms with Gasteiger partial charge in [-0.25, -0.2) is 4.79 Å². The minimum absolute atomic E-state index is 0.0286. The molecule has 0 aliphatic carbocycles. The maximum absolute atomic E-state index is 14.1. The number of fused-ring (bicyclic) bond motifs is 16. The summed E-state index contributed by atoms with van der Waals surface area (Å²) < 4.78 is 6.49. The molecule has 13 heteroatoms. The molecule has 5 N–H and O–H groups in total. The first-order chi connectivity index (χ1) is 24.6. The second-order valence-electron chi connectivity index (χ2n) is 12.3. The molecule has 0 unspecified atom stereocenters. The molecule has 2 aliphatic heterocycles. The summed E-state index contributed by atoms with van der Waals surface area (Å²) in [6.45, 7) is -0.380. The van der Waals surface area contributed by atoms with Crippen molar-refractivity contribution in [3.63, 3.8) is 0 Å². The van der Waals surface area contributed by atoms with Crippen molar-refractivity contribution >= 4 is 56.9 Å². The smallest absolute Gasteiger partial charge is 0.326 e. The molecule has 4 atom stereocenters. The molecule has 0 saturated heterocycles. The van der Waals surface area contributed by atoms with Crippen LogP contribution in [0.25, 0.3) is 0 Å². The summed E-state index contributed by atoms with van der Waals surface area (Å²) in [6, 6.07) is 22.6. The molecule has 3 heterocycles. The minimum Gasteiger partial charge on any atom is -0.484 e. The molecule has 0 fully saturated rings. The topological polar surface area (TPSA) is 163 Å². The van der Waals surface area contributed by atoms with Gasteiger partial charge in [0.2, 0.25) is 17.7 Å². The lowest BCUT2D eigenvalue weighted by molar-refractivity contribution is -0.142. The Morgan fingerprint density at radius 2 is 1.41 bits per heavy atom. The Morgan fingerprint density at radius 1 is 0.745 bits per heavy atom. The number of carboxylic acid groups (broad SMARTS) is 1. The van der Waals surface area contributed by atoms with Gasteiger partial charge in [0.15, 0.2) is 6.61 Å². The first kappa shape index (κ1) is 37.3. The van der Waals surface area contributed by atoms with Gasteiger partial charge in [-0.05, 0) is 71.7 Å². The van der Waals surface area contributed by atoms with Crippen molar-refractivity contribution in [3.8, 4) is 5.75 Å². The second kappa shape index (κ2) is 18.3. The second-order valence-corrected chi connectivity index (χ2v) is 14.2. The Bertz CT molecular complexity index is 1790. The fourth-order valence-corrected chi connectivity index (χ4v) is 6.70. The molecule has 51 heavy (non-hydrogen) atoms. The molecule has 6 rings (SSSR count). The van der Waals surface area contributed by atoms with E-state index in [2.05, 4.69) is 37.2 Å². The van der Waals surface area contributed by atoms with Crippen LogP contribution in [0, 0.1) is 0 Å². The van der Waals surface area contributed by atoms with Crippen LogP contribution >= 0.6 is 27.3 Å². The highest BCUT2D eigenvalue weighted by Crippen LogP contribution is 2.17. The zero-order valence-electron chi connectivity index (χ0n) is 27.7. The Morgan fingerprint density at radius 3 is 2.08 bits per heavy atom. The van der Waals surface area contributed by atoms with Gasteiger partial charge >= 0.3 is 5.97 Å². The Kier molecular flexibility index (Phi) is 13.4. The van der Waals surface area contributed by atoms with Crippen molar-refractivity contribution in [2.24, 2.45) is 0 Å². The Labute approximate surface area is 308 Å². The number of aliphatic carboxylic acids is 1. The number of carbonyl (C=O) groups is 5. The lowest BCUT2D eigenvalue weighted by Gasteiger charge is -2.26. The standard InChI is InChI=1S/C38H39BrN4O7S/c39-27-15-11-25(12-16-27)20-31-36(46)41-30(10-4-8-24-6-2-1-3-7-24)35(45)43-33(38(48)49)21-26-13-17-28(18-14-26)50-23-34(44)40-32(37(47)42-31)22-29-9-5-19-51-29/h1-3,5-7,9,11-19,30-33H,4,8,10,20-23H2,(H,40,44)(H,41,46)(H,42,47)(H,43,45)(H,48,49)/t30-,31+,32-,33+/m1/s1. The van der Waals surface area contributed by atoms with Crippen LogP contribution in [0.2, 0.25) is 0 Å². The number of benzene rings is 3. The van der Waals surface area contributed by atoms with Crippen LogP contribution in [0.5, 0.6) is 5.75 Å². The van der Waals surface area contributed by atoms with Gasteiger partial charge in [0.25, 0.3) is 5.91 Å². The number of ether oxygens (including phenoxy) is 1. The number of aryl methyl sites for hydroxylation is 1. The molecular formula is C38H39BrN4O7S. The number of hydrogen-bond donors (Lipinski definition) is 5. The SMILES string of the molecule is O=C1COc2ccc(cc2)C[C@@H](C(=O)O)NC(=O)[C@@H](CCCc2ccccc2)NC(=O)[C@H](Cc2ccc(Br)cc2)NC(=O)[C@@H](Cc2cccs2)N1. The number of carboxylic acids is 1. The zero-order chi connectivity index (χ0) is 36.2. The predicted molar refractivity (Wildman–Crippen MR) is 196 cm³/mol. The monoisotopic (exact) mass is 774 g/mol. The van der Waals surface area contributed by atoms with Crippen LogP contribution in [-0.2, 0) is 49.7 Å². The van der Waals surface area contributed by atoms with Crippen LogP contribution < -0.4 is 26.0 Å². The molecule has 266 valence electrons. The highest BCUT2D eigenvalue weighted by Gasteiger charge is 2.32. The molecule has 0 radical (unpaired) electrons. The summed E-state index contributed by atoms with van der Waals surface area (Å²) >= 11 is 4.85. The number of nitrogens with one attached hydrogen (secondary N) is 4. The molecule has 4 amide bonds. The Balaban J connectivity index is 1.46. The maximum atomic E-state index is 14.1. The number of amides is 4. The minimum atomic E-state index is -1.29. The van der Waals surface area contributed by atoms with E-state index in [4.69, 9.17) is 4.74 Å². The summed E-state index contributed by atoms with van der Waals surface area (Å²) in [4.78, 5) is 68.1. The quantitative estimate of drug-likeness (QED) is 0.161. The average Bonchev–Trinajstić information content (AvgIpc) is 3.64. The van der Waals surface area contributed by atoms with Crippen LogP contribution in [0.15, 0.2) is 101 Å². The van der Waals surface area contributed by atoms with Gasteiger partial charge in [0, 0.05) is 28.6 Å². The Hall–Kier alpha value is -5.01. The van der Waals surface area contributed by atoms with Gasteiger partial charge in [-0.3, -0.25) is 19.2 Å². The van der Waals surface area contributed by atoms with Crippen LogP contribution in [-0.4, -0.2) is 65.5 Å². The summed E-state index contributed by atoms with van der Waals surface area (Å²) in [6.07, 6.45) is 1.58. The third-order valence-electron chi connectivity index (χ3n) is 8.40. The fourth-order valence-electron chi connectivity index (χ4n) is 5.69. The van der Waals surface area contributed by atoms with E-state index in [9.17, 15) is 29.1 Å². The van der Waals surface area contributed by atoms with Crippen molar-refractivity contribution in [1.29, 1.82) is 0 Å². The predicted octanol–water partition coefficient (Wildman–Crippen LogP) is 3.98. The van der Waals surface area contributed by atoms with Gasteiger partial charge in [0.05, 0.1) is 0 Å². The van der Waals surface area contributed by atoms with Crippen molar-refractivity contribution < 1.29 is 33.8 Å². The summed E-state index contributed by atoms with van der Waals surface area (Å²) in [5, 5.41) is 22.9. The number of thiophene rings is 1. The van der Waals surface area contributed by atoms with Gasteiger partial charge in [0.1, 0.15) is 29.9 Å². The van der Waals surface area contributed by atoms with E-state index in [0.717, 1.165) is 20.5 Å². The molecule has 3 aromatic carbocycles. The molecule has 1 aromatic heterocycles. The van der Waals surface area contributed by atoms with Gasteiger partial charge < -0.3 is 31.1 Å². The summed E-state index contributed by atoms with van der Waals surface area (Å²) in [5.74, 6) is -3.29. The summed E-state index contributed by atoms with van der Waals surface area (Å²) in [5.41, 5.74) is 2.41. The van der Waals surface area contributed by atoms with Crippen molar-refractivity contribution in [1.82, 2.24) is 21.3 Å². The first-order valence-corrected chi connectivity index (χ1v) is 18.3. The maximum Gasteiger partial charge on any atom is 0.326 e. The van der Waals surface area contributed by atoms with Crippen molar-refractivity contribution in [2.75, 3.05) is 6.61 Å². The lowest BCUT2D eigenvalue weighted by atomic mass is 10.0. The van der Waals surface area contributed by atoms with E-state index in [-0.39, 0.29) is 32.3 Å². The zero-order valence-corrected chi connectivity index (χ0v) is 30.1. The van der Waals surface area contributed by atoms with E-state index in [1.807, 2.05) is 72.1 Å². The number of rotatable bonds is 9. The van der Waals surface area contributed by atoms with Gasteiger partial charge in [-0.2, -0.15) is 0 Å². The first-order valence-electron chi connectivity index (χ1n) is 16.6.